The number of hydrogen-bond acceptors (Lipinski definition) is 8. The third-order valence-corrected chi connectivity index (χ3v) is 6.80. The lowest BCUT2D eigenvalue weighted by atomic mass is 10.1. The van der Waals surface area contributed by atoms with Crippen molar-refractivity contribution in [2.45, 2.75) is 6.42 Å². The van der Waals surface area contributed by atoms with E-state index in [1.165, 1.54) is 29.5 Å². The number of aromatic nitrogens is 1. The topological polar surface area (TPSA) is 98.0 Å². The summed E-state index contributed by atoms with van der Waals surface area (Å²) in [6.07, 6.45) is 0.706. The third-order valence-electron chi connectivity index (χ3n) is 5.41. The maximum absolute atomic E-state index is 13.6. The van der Waals surface area contributed by atoms with Gasteiger partial charge in [0.25, 0.3) is 11.6 Å². The van der Waals surface area contributed by atoms with Crippen molar-refractivity contribution in [2.75, 3.05) is 51.4 Å². The Bertz CT molecular complexity index is 1160. The number of carbonyl (C=O) groups is 1. The fourth-order valence-corrected chi connectivity index (χ4v) is 4.80. The fourth-order valence-electron chi connectivity index (χ4n) is 3.63. The number of benzene rings is 2. The number of non-ortho nitro benzene ring substituents is 1. The van der Waals surface area contributed by atoms with Gasteiger partial charge in [-0.25, -0.2) is 4.98 Å². The number of amides is 1. The summed E-state index contributed by atoms with van der Waals surface area (Å²) in [4.78, 5) is 32.8. The molecule has 0 bridgehead atoms. The summed E-state index contributed by atoms with van der Waals surface area (Å²) in [7, 11) is 1.58. The number of hydrogen-bond donors (Lipinski definition) is 0. The van der Waals surface area contributed by atoms with Gasteiger partial charge in [-0.1, -0.05) is 22.9 Å². The van der Waals surface area contributed by atoms with Crippen molar-refractivity contribution in [3.8, 4) is 5.75 Å². The van der Waals surface area contributed by atoms with Gasteiger partial charge in [-0.15, -0.1) is 0 Å². The predicted molar refractivity (Wildman–Crippen MR) is 128 cm³/mol. The first-order valence-corrected chi connectivity index (χ1v) is 11.7. The van der Waals surface area contributed by atoms with E-state index in [1.807, 2.05) is 18.2 Å². The van der Waals surface area contributed by atoms with Crippen LogP contribution in [0.4, 0.5) is 10.8 Å². The Morgan fingerprint density at radius 3 is 2.82 bits per heavy atom. The number of halogens is 1. The molecule has 4 rings (SSSR count). The van der Waals surface area contributed by atoms with Crippen LogP contribution in [0.5, 0.6) is 5.75 Å². The minimum absolute atomic E-state index is 0.0778. The Labute approximate surface area is 199 Å². The Hall–Kier alpha value is -2.79. The van der Waals surface area contributed by atoms with Gasteiger partial charge in [0.15, 0.2) is 5.13 Å². The molecule has 0 radical (unpaired) electrons. The van der Waals surface area contributed by atoms with Gasteiger partial charge in [-0.05, 0) is 24.6 Å². The second kappa shape index (κ2) is 10.4. The van der Waals surface area contributed by atoms with Gasteiger partial charge in [0.2, 0.25) is 0 Å². The van der Waals surface area contributed by atoms with Crippen molar-refractivity contribution in [1.29, 1.82) is 0 Å². The summed E-state index contributed by atoms with van der Waals surface area (Å²) in [5, 5.41) is 11.9. The van der Waals surface area contributed by atoms with E-state index in [0.717, 1.165) is 24.3 Å². The molecule has 0 saturated carbocycles. The Morgan fingerprint density at radius 1 is 1.30 bits per heavy atom. The highest BCUT2D eigenvalue weighted by Crippen LogP contribution is 2.33. The molecule has 1 aliphatic heterocycles. The zero-order valence-electron chi connectivity index (χ0n) is 18.0. The van der Waals surface area contributed by atoms with Gasteiger partial charge in [0.05, 0.1) is 46.0 Å². The van der Waals surface area contributed by atoms with E-state index in [0.29, 0.717) is 42.6 Å². The summed E-state index contributed by atoms with van der Waals surface area (Å²) in [6.45, 7) is 4.30. The molecular formula is C22H23ClN4O5S. The number of ether oxygens (including phenoxy) is 2. The number of thiazole rings is 1. The number of anilines is 1. The number of nitrogens with zero attached hydrogens (tertiary/aromatic N) is 4. The van der Waals surface area contributed by atoms with Gasteiger partial charge < -0.3 is 9.47 Å². The molecule has 0 aliphatic carbocycles. The number of fused-ring (bicyclic) bond motifs is 1. The summed E-state index contributed by atoms with van der Waals surface area (Å²) in [5.74, 6) is 0.253. The van der Waals surface area contributed by atoms with E-state index in [9.17, 15) is 14.9 Å². The van der Waals surface area contributed by atoms with Crippen LogP contribution in [-0.4, -0.2) is 67.2 Å². The van der Waals surface area contributed by atoms with Crippen LogP contribution in [0.25, 0.3) is 10.2 Å². The molecule has 2 heterocycles. The standard InChI is InChI=1S/C22H23ClN4O5S/c1-31-16-4-6-20-19(14-16)24-22(33-20)26(8-2-7-25-9-11-32-12-10-25)21(28)17-13-15(27(29)30)3-5-18(17)23/h3-6,13-14H,2,7-12H2,1H3. The highest BCUT2D eigenvalue weighted by atomic mass is 35.5. The quantitative estimate of drug-likeness (QED) is 0.344. The number of carbonyl (C=O) groups excluding carboxylic acids is 1. The number of rotatable bonds is 8. The molecular weight excluding hydrogens is 468 g/mol. The molecule has 11 heteroatoms. The first kappa shape index (κ1) is 23.4. The maximum Gasteiger partial charge on any atom is 0.270 e. The molecule has 0 spiro atoms. The first-order valence-electron chi connectivity index (χ1n) is 10.5. The minimum atomic E-state index is -0.542. The second-order valence-corrected chi connectivity index (χ2v) is 8.93. The summed E-state index contributed by atoms with van der Waals surface area (Å²) >= 11 is 7.65. The van der Waals surface area contributed by atoms with Crippen molar-refractivity contribution in [1.82, 2.24) is 9.88 Å². The molecule has 174 valence electrons. The smallest absolute Gasteiger partial charge is 0.270 e. The Morgan fingerprint density at radius 2 is 2.09 bits per heavy atom. The zero-order valence-corrected chi connectivity index (χ0v) is 19.6. The molecule has 0 atom stereocenters. The van der Waals surface area contributed by atoms with Gasteiger partial charge in [0, 0.05) is 44.4 Å². The van der Waals surface area contributed by atoms with Crippen LogP contribution in [0.2, 0.25) is 5.02 Å². The number of nitro benzene ring substituents is 1. The summed E-state index contributed by atoms with van der Waals surface area (Å²) in [5.41, 5.74) is 0.601. The highest BCUT2D eigenvalue weighted by molar-refractivity contribution is 7.22. The van der Waals surface area contributed by atoms with E-state index in [2.05, 4.69) is 9.88 Å². The minimum Gasteiger partial charge on any atom is -0.497 e. The van der Waals surface area contributed by atoms with Crippen LogP contribution < -0.4 is 9.64 Å². The SMILES string of the molecule is COc1ccc2sc(N(CCCN3CCOCC3)C(=O)c3cc([N+](=O)[O-])ccc3Cl)nc2c1. The van der Waals surface area contributed by atoms with Gasteiger partial charge in [-0.2, -0.15) is 0 Å². The van der Waals surface area contributed by atoms with Crippen LogP contribution in [-0.2, 0) is 4.74 Å². The molecule has 0 unspecified atom stereocenters. The van der Waals surface area contributed by atoms with Crippen molar-refractivity contribution < 1.29 is 19.2 Å². The highest BCUT2D eigenvalue weighted by Gasteiger charge is 2.25. The van der Waals surface area contributed by atoms with Gasteiger partial charge in [-0.3, -0.25) is 24.7 Å². The van der Waals surface area contributed by atoms with E-state index < -0.39 is 10.8 Å². The third kappa shape index (κ3) is 5.41. The molecule has 0 N–H and O–H groups in total. The molecule has 1 amide bonds. The number of methoxy groups -OCH3 is 1. The number of morpholine rings is 1. The van der Waals surface area contributed by atoms with Crippen molar-refractivity contribution in [2.24, 2.45) is 0 Å². The number of nitro groups is 1. The molecule has 1 fully saturated rings. The molecule has 1 aliphatic rings. The summed E-state index contributed by atoms with van der Waals surface area (Å²) in [6, 6.07) is 9.42. The van der Waals surface area contributed by atoms with E-state index in [4.69, 9.17) is 21.1 Å². The largest absolute Gasteiger partial charge is 0.497 e. The average Bonchev–Trinajstić information content (AvgIpc) is 3.25. The molecule has 2 aromatic carbocycles. The van der Waals surface area contributed by atoms with Crippen LogP contribution in [0, 0.1) is 10.1 Å². The van der Waals surface area contributed by atoms with Crippen molar-refractivity contribution >= 4 is 49.9 Å². The molecule has 3 aromatic rings. The lowest BCUT2D eigenvalue weighted by Crippen LogP contribution is -2.39. The van der Waals surface area contributed by atoms with E-state index in [-0.39, 0.29) is 16.3 Å². The van der Waals surface area contributed by atoms with Crippen molar-refractivity contribution in [3.63, 3.8) is 0 Å². The lowest BCUT2D eigenvalue weighted by Gasteiger charge is -2.27. The van der Waals surface area contributed by atoms with Crippen LogP contribution in [0.3, 0.4) is 0 Å². The second-order valence-electron chi connectivity index (χ2n) is 7.52. The predicted octanol–water partition coefficient (Wildman–Crippen LogP) is 4.24. The molecule has 1 saturated heterocycles. The van der Waals surface area contributed by atoms with Gasteiger partial charge >= 0.3 is 0 Å². The van der Waals surface area contributed by atoms with Crippen LogP contribution in [0.1, 0.15) is 16.8 Å². The lowest BCUT2D eigenvalue weighted by molar-refractivity contribution is -0.384. The molecule has 33 heavy (non-hydrogen) atoms. The molecule has 1 aromatic heterocycles. The molecule has 9 nitrogen and oxygen atoms in total. The van der Waals surface area contributed by atoms with Crippen LogP contribution in [0.15, 0.2) is 36.4 Å². The first-order chi connectivity index (χ1) is 16.0. The van der Waals surface area contributed by atoms with Gasteiger partial charge in [0.1, 0.15) is 5.75 Å². The fraction of sp³-hybridized carbons (Fsp3) is 0.364. The Balaban J connectivity index is 1.64. The van der Waals surface area contributed by atoms with E-state index in [1.54, 1.807) is 12.0 Å². The Kier molecular flexibility index (Phi) is 7.39. The summed E-state index contributed by atoms with van der Waals surface area (Å²) < 4.78 is 11.6. The monoisotopic (exact) mass is 490 g/mol. The van der Waals surface area contributed by atoms with E-state index >= 15 is 0 Å². The van der Waals surface area contributed by atoms with Crippen LogP contribution >= 0.6 is 22.9 Å². The average molecular weight is 491 g/mol. The zero-order chi connectivity index (χ0) is 23.4. The van der Waals surface area contributed by atoms with Crippen molar-refractivity contribution in [3.05, 3.63) is 57.1 Å². The maximum atomic E-state index is 13.6. The normalized spacial score (nSPS) is 14.4.